The summed E-state index contributed by atoms with van der Waals surface area (Å²) in [6.45, 7) is -0.944. The smallest absolute Gasteiger partial charge is 0.322 e. The number of aliphatic carboxylic acids is 1. The molecule has 0 aliphatic rings. The van der Waals surface area contributed by atoms with Crippen molar-refractivity contribution in [1.29, 1.82) is 0 Å². The molecule has 0 aromatic heterocycles. The van der Waals surface area contributed by atoms with Gasteiger partial charge in [-0.05, 0) is 67.8 Å². The Morgan fingerprint density at radius 1 is 0.920 bits per heavy atom. The number of anilines is 1. The number of carbonyl (C=O) groups is 4. The van der Waals surface area contributed by atoms with Gasteiger partial charge in [0, 0.05) is 10.6 Å². The minimum atomic E-state index is -1.19. The van der Waals surface area contributed by atoms with Crippen LogP contribution < -0.4 is 21.7 Å². The second-order valence-corrected chi connectivity index (χ2v) is 7.77. The molecule has 12 heteroatoms. The second kappa shape index (κ2) is 9.70. The molecule has 6 N–H and O–H groups in total. The van der Waals surface area contributed by atoms with Crippen LogP contribution in [0.2, 0.25) is 0 Å². The van der Waals surface area contributed by atoms with E-state index in [1.165, 1.54) is 7.05 Å². The number of rotatable bonds is 6. The highest BCUT2D eigenvalue weighted by Crippen LogP contribution is 2.33. The average Bonchev–Trinajstić information content (AvgIpc) is 2.56. The number of carboxylic acids is 1. The maximum Gasteiger partial charge on any atom is 0.322 e. The summed E-state index contributed by atoms with van der Waals surface area (Å²) in [5, 5.41) is 15.5. The Morgan fingerprint density at radius 2 is 1.44 bits per heavy atom. The van der Waals surface area contributed by atoms with Crippen LogP contribution in [0.4, 0.5) is 5.69 Å². The van der Waals surface area contributed by atoms with Crippen molar-refractivity contribution in [2.45, 2.75) is 0 Å². The number of benzene rings is 1. The standard InChI is InChI=1S/C13H13I3N4O5/c1-18-12(24)6-8(14)7(10(16)11(17)9(6)15)13(25)20-2-4(21)19-3-5(22)23/h2-3,17H2,1H3,(H,18,24)(H,19,21)(H,20,25)(H,22,23). The lowest BCUT2D eigenvalue weighted by Gasteiger charge is -2.16. The quantitative estimate of drug-likeness (QED) is 0.216. The lowest BCUT2D eigenvalue weighted by Crippen LogP contribution is -2.39. The molecule has 0 aliphatic carbocycles. The maximum absolute atomic E-state index is 12.4. The second-order valence-electron chi connectivity index (χ2n) is 4.54. The number of nitrogen functional groups attached to an aromatic ring is 1. The Morgan fingerprint density at radius 3 is 1.92 bits per heavy atom. The topological polar surface area (TPSA) is 151 Å². The van der Waals surface area contributed by atoms with Gasteiger partial charge in [0.15, 0.2) is 0 Å². The molecule has 0 bridgehead atoms. The molecule has 9 nitrogen and oxygen atoms in total. The van der Waals surface area contributed by atoms with Crippen molar-refractivity contribution >= 4 is 97.2 Å². The molecule has 0 saturated heterocycles. The Hall–Kier alpha value is -0.910. The van der Waals surface area contributed by atoms with Crippen LogP contribution in [-0.2, 0) is 9.59 Å². The normalized spacial score (nSPS) is 10.1. The minimum absolute atomic E-state index is 0.184. The molecule has 0 heterocycles. The highest BCUT2D eigenvalue weighted by molar-refractivity contribution is 14.1. The van der Waals surface area contributed by atoms with Gasteiger partial charge >= 0.3 is 5.97 Å². The third-order valence-electron chi connectivity index (χ3n) is 2.88. The SMILES string of the molecule is CNC(=O)c1c(I)c(N)c(I)c(C(=O)NCC(=O)NCC(=O)O)c1I. The average molecular weight is 686 g/mol. The van der Waals surface area contributed by atoms with E-state index in [-0.39, 0.29) is 17.0 Å². The predicted molar refractivity (Wildman–Crippen MR) is 115 cm³/mol. The van der Waals surface area contributed by atoms with E-state index in [0.717, 1.165) is 0 Å². The van der Waals surface area contributed by atoms with Crippen molar-refractivity contribution < 1.29 is 24.3 Å². The summed E-state index contributed by atoms with van der Waals surface area (Å²) in [4.78, 5) is 46.4. The summed E-state index contributed by atoms with van der Waals surface area (Å²) in [5.74, 6) is -2.81. The fourth-order valence-corrected chi connectivity index (χ4v) is 5.84. The maximum atomic E-state index is 12.4. The van der Waals surface area contributed by atoms with Gasteiger partial charge in [-0.25, -0.2) is 0 Å². The summed E-state index contributed by atoms with van der Waals surface area (Å²) in [7, 11) is 1.47. The Labute approximate surface area is 183 Å². The molecule has 1 rings (SSSR count). The molecule has 0 aliphatic heterocycles. The third kappa shape index (κ3) is 5.53. The molecule has 1 aromatic carbocycles. The first-order chi connectivity index (χ1) is 11.6. The van der Waals surface area contributed by atoms with Crippen LogP contribution in [0.25, 0.3) is 0 Å². The van der Waals surface area contributed by atoms with Crippen molar-refractivity contribution in [1.82, 2.24) is 16.0 Å². The number of nitrogens with two attached hydrogens (primary N) is 1. The number of hydrogen-bond donors (Lipinski definition) is 5. The molecule has 0 fully saturated rings. The molecule has 25 heavy (non-hydrogen) atoms. The summed E-state index contributed by atoms with van der Waals surface area (Å²) in [6, 6.07) is 0. The first-order valence-corrected chi connectivity index (χ1v) is 9.80. The molecule has 0 saturated carbocycles. The molecule has 0 unspecified atom stereocenters. The molecule has 0 atom stereocenters. The molecular formula is C13H13I3N4O5. The third-order valence-corrected chi connectivity index (χ3v) is 6.20. The lowest BCUT2D eigenvalue weighted by molar-refractivity contribution is -0.137. The van der Waals surface area contributed by atoms with Crippen LogP contribution >= 0.6 is 67.8 Å². The van der Waals surface area contributed by atoms with Gasteiger partial charge in [-0.2, -0.15) is 0 Å². The first-order valence-electron chi connectivity index (χ1n) is 6.56. The summed E-state index contributed by atoms with van der Waals surface area (Å²) >= 11 is 5.72. The molecule has 136 valence electrons. The predicted octanol–water partition coefficient (Wildman–Crippen LogP) is 0.373. The molecule has 0 radical (unpaired) electrons. The Kier molecular flexibility index (Phi) is 8.58. The van der Waals surface area contributed by atoms with Crippen molar-refractivity contribution in [2.24, 2.45) is 0 Å². The number of carboxylic acid groups (broad SMARTS) is 1. The lowest BCUT2D eigenvalue weighted by atomic mass is 10.1. The minimum Gasteiger partial charge on any atom is -0.480 e. The van der Waals surface area contributed by atoms with E-state index in [2.05, 4.69) is 16.0 Å². The highest BCUT2D eigenvalue weighted by atomic mass is 127. The molecule has 3 amide bonds. The Bertz CT molecular complexity index is 754. The molecular weight excluding hydrogens is 673 g/mol. The van der Waals surface area contributed by atoms with Crippen LogP contribution in [0.15, 0.2) is 0 Å². The largest absolute Gasteiger partial charge is 0.480 e. The van der Waals surface area contributed by atoms with Crippen LogP contribution in [0.3, 0.4) is 0 Å². The zero-order valence-electron chi connectivity index (χ0n) is 12.7. The first kappa shape index (κ1) is 22.1. The molecule has 0 spiro atoms. The van der Waals surface area contributed by atoms with Gasteiger partial charge in [0.2, 0.25) is 5.91 Å². The zero-order chi connectivity index (χ0) is 19.3. The van der Waals surface area contributed by atoms with Crippen LogP contribution in [0, 0.1) is 10.7 Å². The fourth-order valence-electron chi connectivity index (χ4n) is 1.69. The summed E-state index contributed by atoms with van der Waals surface area (Å²) < 4.78 is 1.40. The number of nitrogens with one attached hydrogen (secondary N) is 3. The van der Waals surface area contributed by atoms with Gasteiger partial charge in [0.25, 0.3) is 11.8 Å². The van der Waals surface area contributed by atoms with Crippen molar-refractivity contribution in [3.63, 3.8) is 0 Å². The van der Waals surface area contributed by atoms with Crippen LogP contribution in [-0.4, -0.2) is 48.9 Å². The monoisotopic (exact) mass is 686 g/mol. The molecule has 1 aromatic rings. The summed E-state index contributed by atoms with van der Waals surface area (Å²) in [6.07, 6.45) is 0. The van der Waals surface area contributed by atoms with E-state index in [1.54, 1.807) is 0 Å². The van der Waals surface area contributed by atoms with Crippen molar-refractivity contribution in [2.75, 3.05) is 25.9 Å². The van der Waals surface area contributed by atoms with Crippen LogP contribution in [0.5, 0.6) is 0 Å². The number of amides is 3. The van der Waals surface area contributed by atoms with Crippen LogP contribution in [0.1, 0.15) is 20.7 Å². The van der Waals surface area contributed by atoms with E-state index in [0.29, 0.717) is 16.4 Å². The van der Waals surface area contributed by atoms with E-state index in [1.807, 2.05) is 67.8 Å². The summed E-state index contributed by atoms with van der Waals surface area (Å²) in [5.41, 5.74) is 6.75. The highest BCUT2D eigenvalue weighted by Gasteiger charge is 2.26. The van der Waals surface area contributed by atoms with Crippen molar-refractivity contribution in [3.8, 4) is 0 Å². The van der Waals surface area contributed by atoms with Gasteiger partial charge in [0.1, 0.15) is 6.54 Å². The Balaban J connectivity index is 3.10. The van der Waals surface area contributed by atoms with Gasteiger partial charge in [-0.3, -0.25) is 19.2 Å². The van der Waals surface area contributed by atoms with E-state index in [4.69, 9.17) is 10.8 Å². The van der Waals surface area contributed by atoms with E-state index >= 15 is 0 Å². The van der Waals surface area contributed by atoms with Gasteiger partial charge < -0.3 is 26.8 Å². The zero-order valence-corrected chi connectivity index (χ0v) is 19.2. The number of halogens is 3. The fraction of sp³-hybridized carbons (Fsp3) is 0.231. The van der Waals surface area contributed by atoms with E-state index < -0.39 is 30.9 Å². The number of hydrogen-bond acceptors (Lipinski definition) is 5. The number of carbonyl (C=O) groups excluding carboxylic acids is 3. The van der Waals surface area contributed by atoms with E-state index in [9.17, 15) is 19.2 Å². The van der Waals surface area contributed by atoms with Crippen molar-refractivity contribution in [3.05, 3.63) is 21.8 Å². The van der Waals surface area contributed by atoms with Gasteiger partial charge in [-0.15, -0.1) is 0 Å². The van der Waals surface area contributed by atoms with Gasteiger partial charge in [-0.1, -0.05) is 0 Å². The van der Waals surface area contributed by atoms with Gasteiger partial charge in [0.05, 0.1) is 30.5 Å².